The van der Waals surface area contributed by atoms with E-state index in [-0.39, 0.29) is 26.9 Å². The minimum atomic E-state index is -1.96. The molecule has 11 heteroatoms. The minimum Gasteiger partial charge on any atom is -0.495 e. The van der Waals surface area contributed by atoms with Crippen LogP contribution in [0.15, 0.2) is 28.3 Å². The van der Waals surface area contributed by atoms with Crippen molar-refractivity contribution >= 4 is 81.2 Å². The smallest absolute Gasteiger partial charge is 0.204 e. The van der Waals surface area contributed by atoms with Crippen LogP contribution in [0.25, 0.3) is 5.69 Å². The number of benzene rings is 1. The monoisotopic (exact) mass is 507 g/mol. The number of fused-ring (bicyclic) bond motifs is 5. The Morgan fingerprint density at radius 2 is 1.37 bits per heavy atom. The summed E-state index contributed by atoms with van der Waals surface area (Å²) in [5.74, 6) is -0.645. The number of nitrogens with zero attached hydrogens (tertiary/aromatic N) is 1. The van der Waals surface area contributed by atoms with E-state index in [4.69, 9.17) is 85.9 Å². The van der Waals surface area contributed by atoms with Crippen molar-refractivity contribution in [1.82, 2.24) is 4.57 Å². The van der Waals surface area contributed by atoms with Crippen LogP contribution in [0.2, 0.25) is 5.02 Å². The van der Waals surface area contributed by atoms with E-state index in [2.05, 4.69) is 0 Å². The predicted molar refractivity (Wildman–Crippen MR) is 109 cm³/mol. The number of hydrogen-bond donors (Lipinski definition) is 2. The summed E-state index contributed by atoms with van der Waals surface area (Å²) in [7, 11) is 1.42. The lowest BCUT2D eigenvalue weighted by atomic mass is 10.00. The summed E-state index contributed by atoms with van der Waals surface area (Å²) >= 11 is 44.9. The fourth-order valence-electron chi connectivity index (χ4n) is 3.62. The molecule has 1 heterocycles. The summed E-state index contributed by atoms with van der Waals surface area (Å²) in [5, 5.41) is 22.0. The molecule has 2 N–H and O–H groups in total. The summed E-state index contributed by atoms with van der Waals surface area (Å²) in [5.41, 5.74) is 0.146. The van der Waals surface area contributed by atoms with Crippen LogP contribution in [0, 0.1) is 0 Å². The molecule has 1 aromatic carbocycles. The quantitative estimate of drug-likeness (QED) is 0.466. The largest absolute Gasteiger partial charge is 0.495 e. The number of aromatic hydroxyl groups is 2. The Kier molecular flexibility index (Phi) is 4.33. The van der Waals surface area contributed by atoms with Crippen molar-refractivity contribution in [3.8, 4) is 23.2 Å². The van der Waals surface area contributed by atoms with E-state index < -0.39 is 25.8 Å². The van der Waals surface area contributed by atoms with Gasteiger partial charge in [-0.25, -0.2) is 4.57 Å². The van der Waals surface area contributed by atoms with Gasteiger partial charge in [-0.05, 0) is 18.2 Å². The van der Waals surface area contributed by atoms with Gasteiger partial charge in [-0.15, -0.1) is 23.2 Å². The highest BCUT2D eigenvalue weighted by Crippen LogP contribution is 2.80. The lowest BCUT2D eigenvalue weighted by Crippen LogP contribution is -2.40. The van der Waals surface area contributed by atoms with Gasteiger partial charge in [0, 0.05) is 5.02 Å². The number of alkyl halides is 4. The first kappa shape index (κ1) is 20.0. The van der Waals surface area contributed by atoms with Crippen LogP contribution < -0.4 is 4.74 Å². The first-order valence-electron chi connectivity index (χ1n) is 7.29. The molecule has 0 radical (unpaired) electrons. The first-order valence-corrected chi connectivity index (χ1v) is 9.94. The van der Waals surface area contributed by atoms with Gasteiger partial charge in [0.05, 0.1) is 34.0 Å². The molecule has 0 spiro atoms. The maximum atomic E-state index is 11.0. The van der Waals surface area contributed by atoms with Crippen LogP contribution >= 0.6 is 81.2 Å². The van der Waals surface area contributed by atoms with Crippen LogP contribution in [0.1, 0.15) is 11.1 Å². The van der Waals surface area contributed by atoms with Crippen molar-refractivity contribution < 1.29 is 14.9 Å². The van der Waals surface area contributed by atoms with Gasteiger partial charge in [-0.1, -0.05) is 58.0 Å². The molecule has 2 aliphatic rings. The van der Waals surface area contributed by atoms with Crippen molar-refractivity contribution in [2.45, 2.75) is 14.1 Å². The summed E-state index contributed by atoms with van der Waals surface area (Å²) in [4.78, 5) is -3.74. The first-order chi connectivity index (χ1) is 12.5. The highest BCUT2D eigenvalue weighted by atomic mass is 35.5. The van der Waals surface area contributed by atoms with Crippen molar-refractivity contribution in [1.29, 1.82) is 0 Å². The number of ether oxygens (including phenoxy) is 1. The van der Waals surface area contributed by atoms with Gasteiger partial charge in [0.15, 0.2) is 4.33 Å². The topological polar surface area (TPSA) is 54.6 Å². The zero-order chi connectivity index (χ0) is 20.1. The average Bonchev–Trinajstić information content (AvgIpc) is 2.99. The number of halogens is 7. The van der Waals surface area contributed by atoms with E-state index in [1.54, 1.807) is 12.1 Å². The number of methoxy groups -OCH3 is 1. The molecule has 0 saturated carbocycles. The molecule has 2 aromatic rings. The Labute approximate surface area is 188 Å². The normalized spacial score (nSPS) is 28.0. The van der Waals surface area contributed by atoms with Crippen LogP contribution in [-0.4, -0.2) is 26.2 Å². The third kappa shape index (κ3) is 2.01. The highest BCUT2D eigenvalue weighted by Gasteiger charge is 2.80. The number of aromatic nitrogens is 1. The molecule has 2 atom stereocenters. The zero-order valence-corrected chi connectivity index (χ0v) is 18.4. The molecule has 0 fully saturated rings. The van der Waals surface area contributed by atoms with E-state index in [0.717, 1.165) is 4.57 Å². The number of rotatable bonds is 2. The molecule has 144 valence electrons. The standard InChI is InChI=1S/C16H8Cl7NO3/c1-27-7-3-2-5(17)4-6(7)24-12(25)8-9(13(24)26)15(21)11(19)10(18)14(8,20)16(15,22)23/h2-4,25-26H,1H3/t14-,15+. The van der Waals surface area contributed by atoms with Crippen molar-refractivity contribution in [3.05, 3.63) is 44.4 Å². The van der Waals surface area contributed by atoms with E-state index >= 15 is 0 Å². The Morgan fingerprint density at radius 1 is 0.889 bits per heavy atom. The van der Waals surface area contributed by atoms with Gasteiger partial charge in [0.25, 0.3) is 0 Å². The van der Waals surface area contributed by atoms with Crippen LogP contribution in [0.4, 0.5) is 0 Å². The molecule has 0 saturated heterocycles. The molecular formula is C16H8Cl7NO3. The SMILES string of the molecule is COc1ccc(Cl)cc1-n1c(O)c2c(c1O)[C@@]1(Cl)C(Cl)=C(Cl)[C@]2(Cl)C1(Cl)Cl. The van der Waals surface area contributed by atoms with E-state index in [1.165, 1.54) is 13.2 Å². The zero-order valence-electron chi connectivity index (χ0n) is 13.1. The van der Waals surface area contributed by atoms with E-state index in [9.17, 15) is 10.2 Å². The second-order valence-electron chi connectivity index (χ2n) is 6.07. The second kappa shape index (κ2) is 5.85. The minimum absolute atomic E-state index is 0.0434. The van der Waals surface area contributed by atoms with Gasteiger partial charge >= 0.3 is 0 Å². The van der Waals surface area contributed by atoms with Crippen LogP contribution in [0.5, 0.6) is 17.5 Å². The summed E-state index contributed by atoms with van der Waals surface area (Å²) < 4.78 is 4.38. The highest BCUT2D eigenvalue weighted by molar-refractivity contribution is 6.65. The van der Waals surface area contributed by atoms with Crippen LogP contribution in [-0.2, 0) is 9.75 Å². The van der Waals surface area contributed by atoms with Gasteiger partial charge in [-0.3, -0.25) is 0 Å². The Balaban J connectivity index is 2.11. The van der Waals surface area contributed by atoms with E-state index in [1.807, 2.05) is 0 Å². The second-order valence-corrected chi connectivity index (χ2v) is 9.72. The molecule has 27 heavy (non-hydrogen) atoms. The summed E-state index contributed by atoms with van der Waals surface area (Å²) in [6, 6.07) is 4.63. The molecule has 2 bridgehead atoms. The van der Waals surface area contributed by atoms with Crippen molar-refractivity contribution in [2.75, 3.05) is 7.11 Å². The molecule has 0 unspecified atom stereocenters. The summed E-state index contributed by atoms with van der Waals surface area (Å²) in [6.07, 6.45) is 0. The third-order valence-corrected chi connectivity index (χ3v) is 9.17. The Bertz CT molecular complexity index is 996. The van der Waals surface area contributed by atoms with Gasteiger partial charge in [-0.2, -0.15) is 0 Å². The molecule has 0 aliphatic heterocycles. The summed E-state index contributed by atoms with van der Waals surface area (Å²) in [6.45, 7) is 0. The maximum absolute atomic E-state index is 11.0. The molecule has 4 nitrogen and oxygen atoms in total. The fraction of sp³-hybridized carbons (Fsp3) is 0.250. The lowest BCUT2D eigenvalue weighted by Gasteiger charge is -2.32. The molecule has 4 rings (SSSR count). The van der Waals surface area contributed by atoms with Gasteiger partial charge in [0.1, 0.15) is 15.5 Å². The molecule has 1 aromatic heterocycles. The predicted octanol–water partition coefficient (Wildman–Crippen LogP) is 6.31. The Hall–Kier alpha value is -0.330. The molecular weight excluding hydrogens is 502 g/mol. The van der Waals surface area contributed by atoms with Crippen molar-refractivity contribution in [2.24, 2.45) is 0 Å². The number of allylic oxidation sites excluding steroid dienone is 2. The average molecular weight is 510 g/mol. The van der Waals surface area contributed by atoms with E-state index in [0.29, 0.717) is 10.8 Å². The molecule has 2 aliphatic carbocycles. The number of hydrogen-bond acceptors (Lipinski definition) is 3. The molecule has 0 amide bonds. The Morgan fingerprint density at radius 3 is 1.81 bits per heavy atom. The fourth-order valence-corrected chi connectivity index (χ4v) is 6.46. The van der Waals surface area contributed by atoms with Gasteiger partial charge in [0.2, 0.25) is 11.8 Å². The van der Waals surface area contributed by atoms with Crippen molar-refractivity contribution in [3.63, 3.8) is 0 Å². The third-order valence-electron chi connectivity index (χ3n) is 4.85. The maximum Gasteiger partial charge on any atom is 0.204 e. The van der Waals surface area contributed by atoms with Gasteiger partial charge < -0.3 is 14.9 Å². The lowest BCUT2D eigenvalue weighted by molar-refractivity contribution is 0.379. The van der Waals surface area contributed by atoms with Crippen LogP contribution in [0.3, 0.4) is 0 Å².